The summed E-state index contributed by atoms with van der Waals surface area (Å²) in [5.41, 5.74) is 6.23. The molecule has 0 saturated heterocycles. The van der Waals surface area contributed by atoms with Crippen LogP contribution in [-0.4, -0.2) is 98.5 Å². The number of benzene rings is 1. The van der Waals surface area contributed by atoms with Crippen LogP contribution in [0.2, 0.25) is 0 Å². The summed E-state index contributed by atoms with van der Waals surface area (Å²) in [6.07, 6.45) is 5.53. The molecule has 3 amide bonds. The Balaban J connectivity index is 0.00000589. The van der Waals surface area contributed by atoms with Gasteiger partial charge in [0.05, 0.1) is 31.3 Å². The Kier molecular flexibility index (Phi) is 19.2. The molecule has 15 nitrogen and oxygen atoms in total. The van der Waals surface area contributed by atoms with Crippen LogP contribution in [0, 0.1) is 6.92 Å². The first-order valence-electron chi connectivity index (χ1n) is 15.8. The molecule has 1 aromatic carbocycles. The second kappa shape index (κ2) is 22.1. The molecule has 1 heterocycles. The Labute approximate surface area is 291 Å². The van der Waals surface area contributed by atoms with Gasteiger partial charge in [0.15, 0.2) is 0 Å². The number of alkyl carbamates (subject to hydrolysis) is 1. The van der Waals surface area contributed by atoms with Gasteiger partial charge in [0, 0.05) is 31.0 Å². The number of hydrogen-bond donors (Lipinski definition) is 3. The van der Waals surface area contributed by atoms with Crippen molar-refractivity contribution in [1.29, 1.82) is 0 Å². The van der Waals surface area contributed by atoms with E-state index in [1.807, 2.05) is 31.1 Å². The summed E-state index contributed by atoms with van der Waals surface area (Å²) >= 11 is 0. The predicted octanol–water partition coefficient (Wildman–Crippen LogP) is 4.56. The molecule has 0 aliphatic carbocycles. The molecule has 1 atom stereocenters. The summed E-state index contributed by atoms with van der Waals surface area (Å²) in [5.74, 6) is 0.624. The average molecular weight is 705 g/mol. The van der Waals surface area contributed by atoms with Crippen molar-refractivity contribution in [2.75, 3.05) is 56.9 Å². The van der Waals surface area contributed by atoms with Gasteiger partial charge >= 0.3 is 12.2 Å². The second-order valence-corrected chi connectivity index (χ2v) is 13.0. The van der Waals surface area contributed by atoms with E-state index in [-0.39, 0.29) is 38.9 Å². The van der Waals surface area contributed by atoms with Crippen molar-refractivity contribution in [1.82, 2.24) is 20.4 Å². The molecule has 1 aromatic heterocycles. The Bertz CT molecular complexity index is 1470. The molecule has 2 rings (SSSR count). The highest BCUT2D eigenvalue weighted by Gasteiger charge is 2.21. The number of carbonyl (C=O) groups excluding carboxylic acids is 4. The number of aliphatic imine (C=N–C) groups is 1. The van der Waals surface area contributed by atoms with Crippen molar-refractivity contribution in [3.05, 3.63) is 47.3 Å². The number of nitrogens with one attached hydrogen (secondary N) is 2. The maximum absolute atomic E-state index is 13.2. The van der Waals surface area contributed by atoms with Crippen LogP contribution in [0.15, 0.2) is 39.7 Å². The number of nitrogens with two attached hydrogens (primary N) is 1. The van der Waals surface area contributed by atoms with Crippen molar-refractivity contribution < 1.29 is 33.4 Å². The molecule has 0 radical (unpaired) electrons. The van der Waals surface area contributed by atoms with E-state index in [9.17, 15) is 19.2 Å². The van der Waals surface area contributed by atoms with Crippen LogP contribution in [0.5, 0.6) is 5.75 Å². The number of ether oxygens (including phenoxy) is 3. The number of aldehydes is 1. The minimum atomic E-state index is -0.624. The summed E-state index contributed by atoms with van der Waals surface area (Å²) in [6.45, 7) is 16.0. The third kappa shape index (κ3) is 15.5. The van der Waals surface area contributed by atoms with E-state index >= 15 is 0 Å². The normalized spacial score (nSPS) is 11.6. The van der Waals surface area contributed by atoms with E-state index < -0.39 is 28.5 Å². The number of anilines is 1. The molecule has 0 aliphatic rings. The molecule has 2 aromatic rings. The molecule has 16 heteroatoms. The molecule has 0 saturated carbocycles. The molecule has 0 bridgehead atoms. The van der Waals surface area contributed by atoms with Crippen LogP contribution in [-0.2, 0) is 26.7 Å². The minimum Gasteiger partial charge on any atom is -0.491 e. The van der Waals surface area contributed by atoms with E-state index in [1.165, 1.54) is 7.05 Å². The molecule has 272 valence electrons. The fraction of sp³-hybridized carbons (Fsp3) is 0.515. The van der Waals surface area contributed by atoms with Gasteiger partial charge in [-0.2, -0.15) is 9.46 Å². The maximum atomic E-state index is 13.2. The van der Waals surface area contributed by atoms with E-state index in [4.69, 9.17) is 14.2 Å². The SMILES string of the molecule is C=Nc1cc(C=O)cc(OCCCS(C)=NC(=O)OCC)c1N(C/C=C/CNC(=O)OC(C)(C)C)CNC(=O)c1cc(C)nn1CC.CN. The molecule has 0 spiro atoms. The highest BCUT2D eigenvalue weighted by atomic mass is 32.2. The first-order chi connectivity index (χ1) is 23.3. The van der Waals surface area contributed by atoms with Crippen LogP contribution in [0.4, 0.5) is 21.0 Å². The quantitative estimate of drug-likeness (QED) is 0.0691. The standard InChI is InChI=1S/C32H47N7O7S.CH5N/c1-9-39-26(18-23(3)36-39)29(41)35-22-38(15-12-11-14-34-30(42)46-32(4,5)6)28-25(33-7)19-24(21-40)20-27(28)45-16-13-17-47(8)37-31(43)44-10-2;1-2/h11-12,18-21H,7,9-10,13-17,22H2,1-6,8H3,(H,34,42)(H,35,41);2H2,1H3/b12-11+;. The smallest absolute Gasteiger partial charge is 0.439 e. The summed E-state index contributed by atoms with van der Waals surface area (Å²) < 4.78 is 22.0. The van der Waals surface area contributed by atoms with Crippen LogP contribution in [0.3, 0.4) is 0 Å². The van der Waals surface area contributed by atoms with E-state index in [1.54, 1.807) is 56.7 Å². The first-order valence-corrected chi connectivity index (χ1v) is 17.6. The maximum Gasteiger partial charge on any atom is 0.439 e. The predicted molar refractivity (Wildman–Crippen MR) is 195 cm³/mol. The Morgan fingerprint density at radius 1 is 1.14 bits per heavy atom. The third-order valence-corrected chi connectivity index (χ3v) is 7.50. The molecule has 0 aliphatic heterocycles. The lowest BCUT2D eigenvalue weighted by Gasteiger charge is -2.28. The highest BCUT2D eigenvalue weighted by molar-refractivity contribution is 7.86. The zero-order valence-electron chi connectivity index (χ0n) is 29.9. The van der Waals surface area contributed by atoms with Crippen LogP contribution in [0.25, 0.3) is 0 Å². The van der Waals surface area contributed by atoms with Gasteiger partial charge in [0.1, 0.15) is 29.0 Å². The Morgan fingerprint density at radius 2 is 1.86 bits per heavy atom. The van der Waals surface area contributed by atoms with Crippen LogP contribution in [0.1, 0.15) is 67.6 Å². The fourth-order valence-electron chi connectivity index (χ4n) is 4.21. The summed E-state index contributed by atoms with van der Waals surface area (Å²) in [6, 6.07) is 4.90. The second-order valence-electron chi connectivity index (χ2n) is 11.2. The zero-order valence-corrected chi connectivity index (χ0v) is 30.7. The van der Waals surface area contributed by atoms with Gasteiger partial charge in [-0.15, -0.1) is 0 Å². The molecule has 0 fully saturated rings. The molecule has 1 unspecified atom stereocenters. The topological polar surface area (TPSA) is 192 Å². The molecule has 4 N–H and O–H groups in total. The van der Waals surface area contributed by atoms with Crippen molar-refractivity contribution in [3.8, 4) is 5.75 Å². The fourth-order valence-corrected chi connectivity index (χ4v) is 5.14. The van der Waals surface area contributed by atoms with Gasteiger partial charge in [-0.3, -0.25) is 19.3 Å². The Morgan fingerprint density at radius 3 is 2.47 bits per heavy atom. The highest BCUT2D eigenvalue weighted by Crippen LogP contribution is 2.39. The lowest BCUT2D eigenvalue weighted by molar-refractivity contribution is 0.0533. The van der Waals surface area contributed by atoms with Crippen molar-refractivity contribution in [3.63, 3.8) is 0 Å². The van der Waals surface area contributed by atoms with Crippen molar-refractivity contribution in [2.24, 2.45) is 15.1 Å². The monoisotopic (exact) mass is 704 g/mol. The number of carbonyl (C=O) groups is 4. The number of rotatable bonds is 17. The average Bonchev–Trinajstić information content (AvgIpc) is 3.44. The number of aryl methyl sites for hydroxylation is 2. The van der Waals surface area contributed by atoms with E-state index in [0.717, 1.165) is 5.69 Å². The zero-order chi connectivity index (χ0) is 37.0. The first kappa shape index (κ1) is 42.5. The van der Waals surface area contributed by atoms with Gasteiger partial charge in [0.25, 0.3) is 5.91 Å². The number of aromatic nitrogens is 2. The third-order valence-electron chi connectivity index (χ3n) is 6.16. The Hall–Kier alpha value is -4.57. The lowest BCUT2D eigenvalue weighted by atomic mass is 10.1. The molecule has 49 heavy (non-hydrogen) atoms. The lowest BCUT2D eigenvalue weighted by Crippen LogP contribution is -2.39. The van der Waals surface area contributed by atoms with Gasteiger partial charge in [0.2, 0.25) is 0 Å². The summed E-state index contributed by atoms with van der Waals surface area (Å²) in [4.78, 5) is 54.8. The largest absolute Gasteiger partial charge is 0.491 e. The summed E-state index contributed by atoms with van der Waals surface area (Å²) in [5, 5.41) is 9.98. The van der Waals surface area contributed by atoms with Gasteiger partial charge in [-0.25, -0.2) is 9.59 Å². The molecular formula is C33H52N8O7S. The van der Waals surface area contributed by atoms with Crippen LogP contribution >= 0.6 is 0 Å². The van der Waals surface area contributed by atoms with Crippen LogP contribution < -0.4 is 26.0 Å². The number of amides is 3. The number of hydrogen-bond acceptors (Lipinski definition) is 11. The molecular weight excluding hydrogens is 652 g/mol. The summed E-state index contributed by atoms with van der Waals surface area (Å²) in [7, 11) is 0.944. The van der Waals surface area contributed by atoms with Crippen molar-refractivity contribution >= 4 is 53.2 Å². The van der Waals surface area contributed by atoms with Gasteiger partial charge in [-0.1, -0.05) is 22.8 Å². The minimum absolute atomic E-state index is 0.0345. The van der Waals surface area contributed by atoms with E-state index in [0.29, 0.717) is 53.4 Å². The van der Waals surface area contributed by atoms with Gasteiger partial charge in [-0.05, 0) is 86.2 Å². The van der Waals surface area contributed by atoms with Crippen molar-refractivity contribution in [2.45, 2.75) is 60.1 Å². The van der Waals surface area contributed by atoms with E-state index in [2.05, 4.69) is 37.5 Å². The number of nitrogens with zero attached hydrogens (tertiary/aromatic N) is 5. The van der Waals surface area contributed by atoms with Gasteiger partial charge < -0.3 is 35.5 Å².